The van der Waals surface area contributed by atoms with Crippen molar-refractivity contribution in [1.82, 2.24) is 9.29 Å². The van der Waals surface area contributed by atoms with Crippen LogP contribution < -0.4 is 14.2 Å². The number of sulfonamides is 1. The van der Waals surface area contributed by atoms with Crippen molar-refractivity contribution in [2.75, 3.05) is 13.2 Å². The number of benzene rings is 1. The second-order valence-electron chi connectivity index (χ2n) is 7.42. The average Bonchev–Trinajstić information content (AvgIpc) is 3.00. The summed E-state index contributed by atoms with van der Waals surface area (Å²) in [4.78, 5) is 4.27. The SMILES string of the molecule is O=S(=O)(c1ccc2c(c1)OCCO2)N1C2CCC1CC(Oc1ccncc1)C2. The van der Waals surface area contributed by atoms with E-state index >= 15 is 0 Å². The Balaban J connectivity index is 1.37. The Kier molecular flexibility index (Phi) is 4.40. The highest BCUT2D eigenvalue weighted by Gasteiger charge is 2.48. The van der Waals surface area contributed by atoms with Gasteiger partial charge >= 0.3 is 0 Å². The van der Waals surface area contributed by atoms with Gasteiger partial charge in [0.25, 0.3) is 0 Å². The van der Waals surface area contributed by atoms with Crippen LogP contribution in [0.25, 0.3) is 0 Å². The fourth-order valence-electron chi connectivity index (χ4n) is 4.49. The summed E-state index contributed by atoms with van der Waals surface area (Å²) in [7, 11) is -3.60. The van der Waals surface area contributed by atoms with Crippen LogP contribution in [0.5, 0.6) is 17.2 Å². The number of hydrogen-bond donors (Lipinski definition) is 0. The first-order valence-corrected chi connectivity index (χ1v) is 11.0. The van der Waals surface area contributed by atoms with E-state index in [1.165, 1.54) is 0 Å². The van der Waals surface area contributed by atoms with Gasteiger partial charge in [0.2, 0.25) is 10.0 Å². The fraction of sp³-hybridized carbons (Fsp3) is 0.450. The Labute approximate surface area is 164 Å². The van der Waals surface area contributed by atoms with Gasteiger partial charge in [0.05, 0.1) is 4.90 Å². The molecule has 148 valence electrons. The molecule has 2 aromatic rings. The first-order chi connectivity index (χ1) is 13.6. The van der Waals surface area contributed by atoms with Gasteiger partial charge in [0, 0.05) is 43.4 Å². The molecule has 0 amide bonds. The zero-order valence-corrected chi connectivity index (χ0v) is 16.2. The van der Waals surface area contributed by atoms with E-state index in [4.69, 9.17) is 14.2 Å². The molecule has 0 aliphatic carbocycles. The van der Waals surface area contributed by atoms with Crippen LogP contribution in [0.4, 0.5) is 0 Å². The van der Waals surface area contributed by atoms with Crippen LogP contribution in [0.1, 0.15) is 25.7 Å². The molecule has 1 aromatic carbocycles. The molecule has 0 radical (unpaired) electrons. The lowest BCUT2D eigenvalue weighted by Crippen LogP contribution is -2.49. The largest absolute Gasteiger partial charge is 0.490 e. The maximum absolute atomic E-state index is 13.4. The maximum atomic E-state index is 13.4. The molecular formula is C20H22N2O5S. The first-order valence-electron chi connectivity index (χ1n) is 9.61. The number of pyridine rings is 1. The summed E-state index contributed by atoms with van der Waals surface area (Å²) < 4.78 is 45.6. The normalized spacial score (nSPS) is 26.8. The molecule has 3 aliphatic heterocycles. The van der Waals surface area contributed by atoms with Gasteiger partial charge in [-0.2, -0.15) is 4.31 Å². The van der Waals surface area contributed by atoms with Crippen molar-refractivity contribution in [3.8, 4) is 17.2 Å². The summed E-state index contributed by atoms with van der Waals surface area (Å²) in [5, 5.41) is 0. The molecule has 2 unspecified atom stereocenters. The van der Waals surface area contributed by atoms with Gasteiger partial charge in [-0.15, -0.1) is 0 Å². The topological polar surface area (TPSA) is 78.0 Å². The quantitative estimate of drug-likeness (QED) is 0.782. The summed E-state index contributed by atoms with van der Waals surface area (Å²) in [6.45, 7) is 0.910. The van der Waals surface area contributed by atoms with Gasteiger partial charge in [-0.3, -0.25) is 4.98 Å². The zero-order chi connectivity index (χ0) is 19.1. The Hall–Kier alpha value is -2.32. The molecule has 1 aromatic heterocycles. The van der Waals surface area contributed by atoms with E-state index in [-0.39, 0.29) is 23.1 Å². The van der Waals surface area contributed by atoms with Crippen LogP contribution in [-0.2, 0) is 10.0 Å². The summed E-state index contributed by atoms with van der Waals surface area (Å²) >= 11 is 0. The van der Waals surface area contributed by atoms with Crippen LogP contribution >= 0.6 is 0 Å². The van der Waals surface area contributed by atoms with Gasteiger partial charge in [0.1, 0.15) is 25.1 Å². The number of ether oxygens (including phenoxy) is 3. The smallest absolute Gasteiger partial charge is 0.243 e. The lowest BCUT2D eigenvalue weighted by Gasteiger charge is -2.38. The third kappa shape index (κ3) is 3.10. The summed E-state index contributed by atoms with van der Waals surface area (Å²) in [6.07, 6.45) is 6.55. The molecule has 3 aliphatic rings. The molecule has 2 bridgehead atoms. The summed E-state index contributed by atoms with van der Waals surface area (Å²) in [5.41, 5.74) is 0. The molecular weight excluding hydrogens is 380 g/mol. The number of nitrogens with zero attached hydrogens (tertiary/aromatic N) is 2. The Bertz CT molecular complexity index is 952. The van der Waals surface area contributed by atoms with Crippen molar-refractivity contribution in [2.24, 2.45) is 0 Å². The van der Waals surface area contributed by atoms with Gasteiger partial charge in [-0.05, 0) is 37.1 Å². The standard InChI is InChI=1S/C20H22N2O5S/c23-28(24,18-3-4-19-20(13-18)26-10-9-25-19)22-14-1-2-15(22)12-17(11-14)27-16-5-7-21-8-6-16/h3-8,13-15,17H,1-2,9-12H2. The van der Waals surface area contributed by atoms with Crippen LogP contribution in [0.15, 0.2) is 47.6 Å². The van der Waals surface area contributed by atoms with Crippen LogP contribution in [0, 0.1) is 0 Å². The number of fused-ring (bicyclic) bond motifs is 3. The van der Waals surface area contributed by atoms with E-state index in [9.17, 15) is 8.42 Å². The van der Waals surface area contributed by atoms with Crippen molar-refractivity contribution >= 4 is 10.0 Å². The summed E-state index contributed by atoms with van der Waals surface area (Å²) in [5.74, 6) is 1.87. The van der Waals surface area contributed by atoms with Gasteiger partial charge in [-0.25, -0.2) is 8.42 Å². The highest BCUT2D eigenvalue weighted by atomic mass is 32.2. The zero-order valence-electron chi connectivity index (χ0n) is 15.4. The second-order valence-corrected chi connectivity index (χ2v) is 9.26. The minimum absolute atomic E-state index is 0.0200. The number of aromatic nitrogens is 1. The average molecular weight is 402 g/mol. The lowest BCUT2D eigenvalue weighted by atomic mass is 10.0. The molecule has 8 heteroatoms. The van der Waals surface area contributed by atoms with Crippen LogP contribution in [0.3, 0.4) is 0 Å². The van der Waals surface area contributed by atoms with Crippen molar-refractivity contribution in [3.05, 3.63) is 42.7 Å². The second kappa shape index (κ2) is 6.93. The minimum atomic E-state index is -3.60. The first kappa shape index (κ1) is 17.8. The molecule has 28 heavy (non-hydrogen) atoms. The Morgan fingerprint density at radius 1 is 0.964 bits per heavy atom. The summed E-state index contributed by atoms with van der Waals surface area (Å²) in [6, 6.07) is 8.47. The molecule has 2 saturated heterocycles. The highest BCUT2D eigenvalue weighted by Crippen LogP contribution is 2.42. The highest BCUT2D eigenvalue weighted by molar-refractivity contribution is 7.89. The van der Waals surface area contributed by atoms with Crippen molar-refractivity contribution in [1.29, 1.82) is 0 Å². The lowest BCUT2D eigenvalue weighted by molar-refractivity contribution is 0.0955. The predicted molar refractivity (Wildman–Crippen MR) is 101 cm³/mol. The number of rotatable bonds is 4. The molecule has 7 nitrogen and oxygen atoms in total. The Morgan fingerprint density at radius 3 is 2.36 bits per heavy atom. The van der Waals surface area contributed by atoms with E-state index in [0.717, 1.165) is 18.6 Å². The molecule has 0 saturated carbocycles. The molecule has 5 rings (SSSR count). The third-order valence-corrected chi connectivity index (χ3v) is 7.67. The maximum Gasteiger partial charge on any atom is 0.243 e. The van der Waals surface area contributed by atoms with Crippen LogP contribution in [-0.4, -0.2) is 49.1 Å². The monoisotopic (exact) mass is 402 g/mol. The molecule has 2 atom stereocenters. The Morgan fingerprint density at radius 2 is 1.64 bits per heavy atom. The van der Waals surface area contributed by atoms with Crippen molar-refractivity contribution in [3.63, 3.8) is 0 Å². The predicted octanol–water partition coefficient (Wildman–Crippen LogP) is 2.62. The number of hydrogen-bond acceptors (Lipinski definition) is 6. The van der Waals surface area contributed by atoms with Gasteiger partial charge in [0.15, 0.2) is 11.5 Å². The minimum Gasteiger partial charge on any atom is -0.490 e. The molecule has 0 spiro atoms. The van der Waals surface area contributed by atoms with E-state index < -0.39 is 10.0 Å². The van der Waals surface area contributed by atoms with Gasteiger partial charge in [-0.1, -0.05) is 0 Å². The molecule has 0 N–H and O–H groups in total. The van der Waals surface area contributed by atoms with E-state index in [1.54, 1.807) is 34.9 Å². The van der Waals surface area contributed by atoms with E-state index in [2.05, 4.69) is 4.98 Å². The van der Waals surface area contributed by atoms with Crippen LogP contribution in [0.2, 0.25) is 0 Å². The van der Waals surface area contributed by atoms with E-state index in [0.29, 0.717) is 37.6 Å². The fourth-order valence-corrected chi connectivity index (χ4v) is 6.40. The third-order valence-electron chi connectivity index (χ3n) is 5.66. The number of piperidine rings is 1. The molecule has 2 fully saturated rings. The van der Waals surface area contributed by atoms with Crippen molar-refractivity contribution < 1.29 is 22.6 Å². The van der Waals surface area contributed by atoms with Gasteiger partial charge < -0.3 is 14.2 Å². The molecule has 4 heterocycles. The van der Waals surface area contributed by atoms with Crippen molar-refractivity contribution in [2.45, 2.75) is 48.8 Å². The van der Waals surface area contributed by atoms with E-state index in [1.807, 2.05) is 12.1 Å².